The van der Waals surface area contributed by atoms with Crippen molar-refractivity contribution in [2.45, 2.75) is 12.8 Å². The van der Waals surface area contributed by atoms with Crippen molar-refractivity contribution in [1.82, 2.24) is 0 Å². The highest BCUT2D eigenvalue weighted by atomic mass is 16.5. The molecule has 5 heteroatoms. The first-order chi connectivity index (χ1) is 13.1. The summed E-state index contributed by atoms with van der Waals surface area (Å²) in [6.45, 7) is 0.782. The molecule has 2 aromatic rings. The molecule has 5 nitrogen and oxygen atoms in total. The van der Waals surface area contributed by atoms with E-state index in [9.17, 15) is 9.90 Å². The quantitative estimate of drug-likeness (QED) is 0.732. The van der Waals surface area contributed by atoms with Gasteiger partial charge in [-0.25, -0.2) is 4.79 Å². The molecule has 0 heterocycles. The van der Waals surface area contributed by atoms with E-state index in [0.29, 0.717) is 23.7 Å². The second-order valence-electron chi connectivity index (χ2n) is 6.20. The Morgan fingerprint density at radius 2 is 2.07 bits per heavy atom. The summed E-state index contributed by atoms with van der Waals surface area (Å²) >= 11 is 0. The predicted molar refractivity (Wildman–Crippen MR) is 106 cm³/mol. The lowest BCUT2D eigenvalue weighted by Gasteiger charge is -2.20. The zero-order valence-corrected chi connectivity index (χ0v) is 15.1. The molecular formula is C22H21NO4. The Labute approximate surface area is 158 Å². The van der Waals surface area contributed by atoms with Crippen molar-refractivity contribution in [2.75, 3.05) is 25.6 Å². The molecule has 2 aromatic carbocycles. The molecule has 1 aliphatic carbocycles. The number of carbonyl (C=O) groups is 1. The van der Waals surface area contributed by atoms with Crippen LogP contribution < -0.4 is 14.8 Å². The summed E-state index contributed by atoms with van der Waals surface area (Å²) in [5.41, 5.74) is 4.34. The molecule has 0 radical (unpaired) electrons. The molecule has 0 bridgehead atoms. The third-order valence-electron chi connectivity index (χ3n) is 4.47. The number of carboxylic acid groups (broad SMARTS) is 1. The van der Waals surface area contributed by atoms with Gasteiger partial charge in [-0.2, -0.15) is 0 Å². The van der Waals surface area contributed by atoms with Crippen LogP contribution in [0, 0.1) is 12.3 Å². The average molecular weight is 363 g/mol. The number of methoxy groups -OCH3 is 1. The van der Waals surface area contributed by atoms with Crippen LogP contribution in [0.15, 0.2) is 42.0 Å². The Balaban J connectivity index is 1.78. The number of anilines is 1. The number of rotatable bonds is 7. The largest absolute Gasteiger partial charge is 0.493 e. The van der Waals surface area contributed by atoms with E-state index >= 15 is 0 Å². The second-order valence-corrected chi connectivity index (χ2v) is 6.20. The number of carboxylic acids is 1. The van der Waals surface area contributed by atoms with Crippen molar-refractivity contribution in [3.8, 4) is 23.8 Å². The molecule has 0 amide bonds. The minimum atomic E-state index is -0.940. The van der Waals surface area contributed by atoms with Crippen LogP contribution in [-0.4, -0.2) is 31.3 Å². The van der Waals surface area contributed by atoms with Crippen molar-refractivity contribution in [3.05, 3.63) is 58.7 Å². The molecule has 3 rings (SSSR count). The van der Waals surface area contributed by atoms with Crippen LogP contribution in [0.2, 0.25) is 0 Å². The summed E-state index contributed by atoms with van der Waals surface area (Å²) < 4.78 is 11.0. The van der Waals surface area contributed by atoms with Crippen LogP contribution in [0.5, 0.6) is 11.5 Å². The number of terminal acetylenes is 1. The highest BCUT2D eigenvalue weighted by Crippen LogP contribution is 2.35. The van der Waals surface area contributed by atoms with Crippen LogP contribution in [0.25, 0.3) is 6.08 Å². The normalized spacial score (nSPS) is 12.4. The minimum absolute atomic E-state index is 0.198. The maximum Gasteiger partial charge on any atom is 0.337 e. The molecule has 0 spiro atoms. The lowest BCUT2D eigenvalue weighted by molar-refractivity contribution is 0.0698. The first-order valence-electron chi connectivity index (χ1n) is 8.65. The Bertz CT molecular complexity index is 924. The van der Waals surface area contributed by atoms with E-state index in [1.807, 2.05) is 18.2 Å². The molecule has 0 atom stereocenters. The van der Waals surface area contributed by atoms with Gasteiger partial charge in [0.05, 0.1) is 12.7 Å². The Morgan fingerprint density at radius 3 is 2.81 bits per heavy atom. The van der Waals surface area contributed by atoms with E-state index in [1.54, 1.807) is 25.3 Å². The highest BCUT2D eigenvalue weighted by Gasteiger charge is 2.16. The van der Waals surface area contributed by atoms with Gasteiger partial charge in [0.15, 0.2) is 11.5 Å². The van der Waals surface area contributed by atoms with Gasteiger partial charge in [-0.1, -0.05) is 29.7 Å². The molecule has 0 aromatic heterocycles. The van der Waals surface area contributed by atoms with Gasteiger partial charge in [-0.3, -0.25) is 0 Å². The SMILES string of the molecule is C#CCOc1cc2c(cc1OC)C=C(CNc1ccccc1C(=O)O)CC2. The Kier molecular flexibility index (Phi) is 5.68. The van der Waals surface area contributed by atoms with Gasteiger partial charge < -0.3 is 19.9 Å². The molecule has 1 aliphatic rings. The fraction of sp³-hybridized carbons (Fsp3) is 0.227. The molecule has 0 aliphatic heterocycles. The maximum atomic E-state index is 11.3. The van der Waals surface area contributed by atoms with E-state index in [1.165, 1.54) is 11.1 Å². The highest BCUT2D eigenvalue weighted by molar-refractivity contribution is 5.94. The zero-order chi connectivity index (χ0) is 19.2. The fourth-order valence-corrected chi connectivity index (χ4v) is 3.12. The van der Waals surface area contributed by atoms with Crippen LogP contribution in [0.1, 0.15) is 27.9 Å². The van der Waals surface area contributed by atoms with Crippen molar-refractivity contribution in [1.29, 1.82) is 0 Å². The standard InChI is InChI=1S/C22H21NO4/c1-3-10-27-21-12-16-9-8-15(11-17(16)13-20(21)26-2)14-23-19-7-5-4-6-18(19)22(24)25/h1,4-7,11-13,23H,8-10,14H2,2H3,(H,24,25). The second kappa shape index (κ2) is 8.33. The van der Waals surface area contributed by atoms with Gasteiger partial charge in [0.2, 0.25) is 0 Å². The van der Waals surface area contributed by atoms with Gasteiger partial charge in [0.1, 0.15) is 6.61 Å². The predicted octanol–water partition coefficient (Wildman–Crippen LogP) is 3.85. The Hall–Kier alpha value is -3.39. The van der Waals surface area contributed by atoms with Gasteiger partial charge >= 0.3 is 5.97 Å². The first-order valence-corrected chi connectivity index (χ1v) is 8.65. The van der Waals surface area contributed by atoms with E-state index in [2.05, 4.69) is 17.3 Å². The van der Waals surface area contributed by atoms with E-state index in [-0.39, 0.29) is 12.2 Å². The number of aromatic carboxylic acids is 1. The number of hydrogen-bond acceptors (Lipinski definition) is 4. The third-order valence-corrected chi connectivity index (χ3v) is 4.47. The number of para-hydroxylation sites is 1. The lowest BCUT2D eigenvalue weighted by atomic mass is 9.91. The summed E-state index contributed by atoms with van der Waals surface area (Å²) in [5.74, 6) is 2.82. The number of hydrogen-bond donors (Lipinski definition) is 2. The summed E-state index contributed by atoms with van der Waals surface area (Å²) in [4.78, 5) is 11.3. The van der Waals surface area contributed by atoms with Crippen molar-refractivity contribution in [2.24, 2.45) is 0 Å². The van der Waals surface area contributed by atoms with Crippen molar-refractivity contribution < 1.29 is 19.4 Å². The number of ether oxygens (including phenoxy) is 2. The summed E-state index contributed by atoms with van der Waals surface area (Å²) in [7, 11) is 1.60. The summed E-state index contributed by atoms with van der Waals surface area (Å²) in [5, 5.41) is 12.5. The van der Waals surface area contributed by atoms with Gasteiger partial charge in [0.25, 0.3) is 0 Å². The summed E-state index contributed by atoms with van der Waals surface area (Å²) in [6.07, 6.45) is 9.14. The molecule has 138 valence electrons. The van der Waals surface area contributed by atoms with E-state index in [0.717, 1.165) is 18.4 Å². The minimum Gasteiger partial charge on any atom is -0.493 e. The van der Waals surface area contributed by atoms with Crippen LogP contribution in [0.4, 0.5) is 5.69 Å². The van der Waals surface area contributed by atoms with Crippen LogP contribution >= 0.6 is 0 Å². The average Bonchev–Trinajstić information content (AvgIpc) is 2.69. The maximum absolute atomic E-state index is 11.3. The number of aryl methyl sites for hydroxylation is 1. The molecule has 0 saturated heterocycles. The number of fused-ring (bicyclic) bond motifs is 1. The number of benzene rings is 2. The zero-order valence-electron chi connectivity index (χ0n) is 15.1. The van der Waals surface area contributed by atoms with Gasteiger partial charge in [-0.15, -0.1) is 6.42 Å². The third kappa shape index (κ3) is 4.24. The first kappa shape index (κ1) is 18.4. The fourth-order valence-electron chi connectivity index (χ4n) is 3.12. The molecule has 27 heavy (non-hydrogen) atoms. The molecule has 0 saturated carbocycles. The molecule has 2 N–H and O–H groups in total. The number of nitrogens with one attached hydrogen (secondary N) is 1. The van der Waals surface area contributed by atoms with Crippen molar-refractivity contribution in [3.63, 3.8) is 0 Å². The lowest BCUT2D eigenvalue weighted by Crippen LogP contribution is -2.12. The molecule has 0 unspecified atom stereocenters. The topological polar surface area (TPSA) is 67.8 Å². The van der Waals surface area contributed by atoms with Gasteiger partial charge in [-0.05, 0) is 48.2 Å². The molecular weight excluding hydrogens is 342 g/mol. The summed E-state index contributed by atoms with van der Waals surface area (Å²) in [6, 6.07) is 10.8. The smallest absolute Gasteiger partial charge is 0.337 e. The van der Waals surface area contributed by atoms with Crippen molar-refractivity contribution >= 4 is 17.7 Å². The van der Waals surface area contributed by atoms with E-state index in [4.69, 9.17) is 15.9 Å². The monoisotopic (exact) mass is 363 g/mol. The molecule has 0 fully saturated rings. The van der Waals surface area contributed by atoms with E-state index < -0.39 is 5.97 Å². The Morgan fingerprint density at radius 1 is 1.26 bits per heavy atom. The van der Waals surface area contributed by atoms with Crippen LogP contribution in [0.3, 0.4) is 0 Å². The van der Waals surface area contributed by atoms with Crippen LogP contribution in [-0.2, 0) is 6.42 Å². The van der Waals surface area contributed by atoms with Gasteiger partial charge in [0, 0.05) is 12.2 Å².